The van der Waals surface area contributed by atoms with Gasteiger partial charge in [-0.1, -0.05) is 29.8 Å². The monoisotopic (exact) mass is 352 g/mol. The molecule has 0 bridgehead atoms. The van der Waals surface area contributed by atoms with Crippen LogP contribution in [-0.2, 0) is 6.54 Å². The summed E-state index contributed by atoms with van der Waals surface area (Å²) in [5, 5.41) is 4.42. The highest BCUT2D eigenvalue weighted by Crippen LogP contribution is 2.11. The standard InChI is InChI=1S/C19H20N4OS/c1-3-23(19(25)20-14-10-8-13(2)9-11-14)12-17-21-16-7-5-4-6-15(16)18(24)22-17/h4-11H,3,12H2,1-2H3,(H,20,25)(H,21,22,24). The summed E-state index contributed by atoms with van der Waals surface area (Å²) in [7, 11) is 0. The van der Waals surface area contributed by atoms with E-state index in [1.54, 1.807) is 6.07 Å². The van der Waals surface area contributed by atoms with Crippen molar-refractivity contribution in [1.82, 2.24) is 14.9 Å². The van der Waals surface area contributed by atoms with Crippen LogP contribution in [-0.4, -0.2) is 26.5 Å². The normalized spacial score (nSPS) is 10.6. The molecule has 0 fully saturated rings. The van der Waals surface area contributed by atoms with Crippen molar-refractivity contribution in [2.75, 3.05) is 11.9 Å². The van der Waals surface area contributed by atoms with Gasteiger partial charge >= 0.3 is 0 Å². The number of aromatic amines is 1. The summed E-state index contributed by atoms with van der Waals surface area (Å²) in [5.74, 6) is 0.596. The lowest BCUT2D eigenvalue weighted by Gasteiger charge is -2.24. The fraction of sp³-hybridized carbons (Fsp3) is 0.211. The second kappa shape index (κ2) is 7.44. The molecule has 0 aliphatic carbocycles. The number of aromatic nitrogens is 2. The molecule has 2 N–H and O–H groups in total. The van der Waals surface area contributed by atoms with E-state index < -0.39 is 0 Å². The van der Waals surface area contributed by atoms with E-state index in [9.17, 15) is 4.79 Å². The lowest BCUT2D eigenvalue weighted by molar-refractivity contribution is 0.429. The van der Waals surface area contributed by atoms with Gasteiger partial charge in [0.2, 0.25) is 0 Å². The van der Waals surface area contributed by atoms with E-state index in [1.165, 1.54) is 5.56 Å². The molecule has 0 spiro atoms. The Hall–Kier alpha value is -2.73. The van der Waals surface area contributed by atoms with E-state index in [4.69, 9.17) is 12.2 Å². The maximum atomic E-state index is 12.2. The first kappa shape index (κ1) is 17.1. The third kappa shape index (κ3) is 4.03. The molecule has 0 unspecified atom stereocenters. The van der Waals surface area contributed by atoms with E-state index in [0.717, 1.165) is 5.69 Å². The Labute approximate surface area is 151 Å². The van der Waals surface area contributed by atoms with E-state index in [1.807, 2.05) is 61.2 Å². The van der Waals surface area contributed by atoms with Gasteiger partial charge in [0, 0.05) is 12.2 Å². The van der Waals surface area contributed by atoms with Gasteiger partial charge in [-0.25, -0.2) is 4.98 Å². The second-order valence-electron chi connectivity index (χ2n) is 5.84. The number of para-hydroxylation sites is 1. The first-order valence-electron chi connectivity index (χ1n) is 8.17. The zero-order valence-corrected chi connectivity index (χ0v) is 15.1. The fourth-order valence-corrected chi connectivity index (χ4v) is 2.87. The molecule has 0 radical (unpaired) electrons. The molecule has 25 heavy (non-hydrogen) atoms. The van der Waals surface area contributed by atoms with Gasteiger partial charge in [-0.15, -0.1) is 0 Å². The smallest absolute Gasteiger partial charge is 0.258 e. The highest BCUT2D eigenvalue weighted by molar-refractivity contribution is 7.80. The molecular weight excluding hydrogens is 332 g/mol. The number of hydrogen-bond acceptors (Lipinski definition) is 3. The van der Waals surface area contributed by atoms with Crippen molar-refractivity contribution in [3.05, 3.63) is 70.3 Å². The maximum absolute atomic E-state index is 12.2. The predicted octanol–water partition coefficient (Wildman–Crippen LogP) is 3.45. The molecule has 3 rings (SSSR count). The molecule has 3 aromatic rings. The topological polar surface area (TPSA) is 61.0 Å². The fourth-order valence-electron chi connectivity index (χ4n) is 2.56. The summed E-state index contributed by atoms with van der Waals surface area (Å²) < 4.78 is 0. The zero-order valence-electron chi connectivity index (χ0n) is 14.2. The van der Waals surface area contributed by atoms with Gasteiger partial charge in [0.15, 0.2) is 5.11 Å². The van der Waals surface area contributed by atoms with Crippen molar-refractivity contribution >= 4 is 33.9 Å². The van der Waals surface area contributed by atoms with Crippen molar-refractivity contribution in [2.45, 2.75) is 20.4 Å². The lowest BCUT2D eigenvalue weighted by atomic mass is 10.2. The Bertz CT molecular complexity index is 950. The molecule has 1 aromatic heterocycles. The number of aryl methyl sites for hydroxylation is 1. The first-order chi connectivity index (χ1) is 12.1. The molecule has 128 valence electrons. The third-order valence-corrected chi connectivity index (χ3v) is 4.33. The summed E-state index contributed by atoms with van der Waals surface area (Å²) >= 11 is 5.51. The van der Waals surface area contributed by atoms with Crippen molar-refractivity contribution in [3.63, 3.8) is 0 Å². The minimum Gasteiger partial charge on any atom is -0.342 e. The van der Waals surface area contributed by atoms with Gasteiger partial charge in [-0.2, -0.15) is 0 Å². The SMILES string of the molecule is CCN(Cc1nc2ccccc2c(=O)[nH]1)C(=S)Nc1ccc(C)cc1. The van der Waals surface area contributed by atoms with Gasteiger partial charge in [0.1, 0.15) is 5.82 Å². The van der Waals surface area contributed by atoms with Crippen LogP contribution in [0.15, 0.2) is 53.3 Å². The summed E-state index contributed by atoms with van der Waals surface area (Å²) in [6.45, 7) is 5.20. The van der Waals surface area contributed by atoms with Crippen molar-refractivity contribution in [2.24, 2.45) is 0 Å². The van der Waals surface area contributed by atoms with Crippen LogP contribution in [0.25, 0.3) is 10.9 Å². The van der Waals surface area contributed by atoms with Crippen molar-refractivity contribution in [1.29, 1.82) is 0 Å². The van der Waals surface area contributed by atoms with E-state index >= 15 is 0 Å². The largest absolute Gasteiger partial charge is 0.342 e. The van der Waals surface area contributed by atoms with Gasteiger partial charge in [-0.05, 0) is 50.3 Å². The maximum Gasteiger partial charge on any atom is 0.258 e. The highest BCUT2D eigenvalue weighted by Gasteiger charge is 2.11. The molecular formula is C19H20N4OS. The number of H-pyrrole nitrogens is 1. The van der Waals surface area contributed by atoms with Crippen molar-refractivity contribution < 1.29 is 0 Å². The Balaban J connectivity index is 1.78. The van der Waals surface area contributed by atoms with Crippen LogP contribution in [0.1, 0.15) is 18.3 Å². The summed E-state index contributed by atoms with van der Waals surface area (Å²) in [4.78, 5) is 21.5. The van der Waals surface area contributed by atoms with Gasteiger partial charge in [-0.3, -0.25) is 4.79 Å². The molecule has 0 aliphatic rings. The van der Waals surface area contributed by atoms with Crippen LogP contribution in [0.5, 0.6) is 0 Å². The molecule has 0 saturated carbocycles. The van der Waals surface area contributed by atoms with E-state index in [-0.39, 0.29) is 5.56 Å². The first-order valence-corrected chi connectivity index (χ1v) is 8.58. The Morgan fingerprint density at radius 3 is 2.64 bits per heavy atom. The molecule has 0 amide bonds. The van der Waals surface area contributed by atoms with Gasteiger partial charge < -0.3 is 15.2 Å². The number of rotatable bonds is 4. The molecule has 0 saturated heterocycles. The number of thiocarbonyl (C=S) groups is 1. The van der Waals surface area contributed by atoms with Crippen LogP contribution in [0.2, 0.25) is 0 Å². The Morgan fingerprint density at radius 2 is 1.92 bits per heavy atom. The van der Waals surface area contributed by atoms with Crippen LogP contribution >= 0.6 is 12.2 Å². The molecule has 0 aliphatic heterocycles. The molecule has 6 heteroatoms. The number of anilines is 1. The average Bonchev–Trinajstić information content (AvgIpc) is 2.61. The third-order valence-electron chi connectivity index (χ3n) is 3.97. The highest BCUT2D eigenvalue weighted by atomic mass is 32.1. The van der Waals surface area contributed by atoms with Crippen LogP contribution in [0, 0.1) is 6.92 Å². The molecule has 5 nitrogen and oxygen atoms in total. The minimum absolute atomic E-state index is 0.130. The van der Waals surface area contributed by atoms with Crippen LogP contribution in [0.4, 0.5) is 5.69 Å². The second-order valence-corrected chi connectivity index (χ2v) is 6.23. The molecule has 1 heterocycles. The number of fused-ring (bicyclic) bond motifs is 1. The van der Waals surface area contributed by atoms with Gasteiger partial charge in [0.05, 0.1) is 17.4 Å². The summed E-state index contributed by atoms with van der Waals surface area (Å²) in [6, 6.07) is 15.4. The van der Waals surface area contributed by atoms with Crippen LogP contribution in [0.3, 0.4) is 0 Å². The number of nitrogens with one attached hydrogen (secondary N) is 2. The van der Waals surface area contributed by atoms with E-state index in [0.29, 0.717) is 34.9 Å². The Morgan fingerprint density at radius 1 is 1.20 bits per heavy atom. The summed E-state index contributed by atoms with van der Waals surface area (Å²) in [6.07, 6.45) is 0. The quantitative estimate of drug-likeness (QED) is 0.704. The number of nitrogens with zero attached hydrogens (tertiary/aromatic N) is 2. The van der Waals surface area contributed by atoms with Crippen molar-refractivity contribution in [3.8, 4) is 0 Å². The number of benzene rings is 2. The average molecular weight is 352 g/mol. The van der Waals surface area contributed by atoms with Crippen LogP contribution < -0.4 is 10.9 Å². The molecule has 2 aromatic carbocycles. The zero-order chi connectivity index (χ0) is 17.8. The predicted molar refractivity (Wildman–Crippen MR) is 106 cm³/mol. The lowest BCUT2D eigenvalue weighted by Crippen LogP contribution is -2.35. The van der Waals surface area contributed by atoms with Gasteiger partial charge in [0.25, 0.3) is 5.56 Å². The van der Waals surface area contributed by atoms with E-state index in [2.05, 4.69) is 15.3 Å². The molecule has 0 atom stereocenters. The Kier molecular flexibility index (Phi) is 5.09. The summed E-state index contributed by atoms with van der Waals surface area (Å²) in [5.41, 5.74) is 2.69. The minimum atomic E-state index is -0.130. The number of hydrogen-bond donors (Lipinski definition) is 2.